The Morgan fingerprint density at radius 1 is 1.29 bits per heavy atom. The summed E-state index contributed by atoms with van der Waals surface area (Å²) < 4.78 is 16.2. The van der Waals surface area contributed by atoms with Crippen LogP contribution in [-0.2, 0) is 0 Å². The Kier molecular flexibility index (Phi) is 3.95. The van der Waals surface area contributed by atoms with E-state index < -0.39 is 0 Å². The maximum atomic E-state index is 13.7. The van der Waals surface area contributed by atoms with Gasteiger partial charge in [0.2, 0.25) is 0 Å². The van der Waals surface area contributed by atoms with Gasteiger partial charge in [0.1, 0.15) is 11.6 Å². The van der Waals surface area contributed by atoms with Crippen LogP contribution < -0.4 is 0 Å². The number of halogens is 4. The van der Waals surface area contributed by atoms with Crippen LogP contribution >= 0.6 is 39.1 Å². The first-order valence-corrected chi connectivity index (χ1v) is 7.86. The summed E-state index contributed by atoms with van der Waals surface area (Å²) in [6, 6.07) is 9.92. The van der Waals surface area contributed by atoms with Crippen molar-refractivity contribution in [3.63, 3.8) is 0 Å². The first kappa shape index (κ1) is 14.8. The van der Waals surface area contributed by atoms with Gasteiger partial charge >= 0.3 is 0 Å². The first-order valence-electron chi connectivity index (χ1n) is 6.25. The molecule has 3 aromatic rings. The Bertz CT molecular complexity index is 830. The van der Waals surface area contributed by atoms with Crippen LogP contribution in [0.25, 0.3) is 16.7 Å². The van der Waals surface area contributed by atoms with E-state index in [1.165, 1.54) is 12.1 Å². The topological polar surface area (TPSA) is 17.8 Å². The first-order chi connectivity index (χ1) is 9.99. The molecule has 1 atom stereocenters. The minimum absolute atomic E-state index is 0.338. The molecule has 0 radical (unpaired) electrons. The van der Waals surface area contributed by atoms with Gasteiger partial charge in [-0.1, -0.05) is 17.7 Å². The zero-order chi connectivity index (χ0) is 15.1. The van der Waals surface area contributed by atoms with Gasteiger partial charge in [-0.15, -0.1) is 11.6 Å². The monoisotopic (exact) mass is 386 g/mol. The largest absolute Gasteiger partial charge is 0.292 e. The van der Waals surface area contributed by atoms with Crippen molar-refractivity contribution in [3.8, 4) is 5.69 Å². The van der Waals surface area contributed by atoms with Gasteiger partial charge in [-0.3, -0.25) is 4.57 Å². The normalized spacial score (nSPS) is 12.8. The molecule has 0 spiro atoms. The minimum atomic E-state index is -0.344. The van der Waals surface area contributed by atoms with Gasteiger partial charge in [-0.05, 0) is 53.2 Å². The molecule has 0 aliphatic heterocycles. The van der Waals surface area contributed by atoms with Crippen molar-refractivity contribution in [1.82, 2.24) is 9.55 Å². The summed E-state index contributed by atoms with van der Waals surface area (Å²) in [5.41, 5.74) is 2.06. The number of para-hydroxylation sites is 1. The van der Waals surface area contributed by atoms with E-state index in [2.05, 4.69) is 20.9 Å². The number of rotatable bonds is 2. The third kappa shape index (κ3) is 2.56. The van der Waals surface area contributed by atoms with E-state index in [4.69, 9.17) is 23.2 Å². The van der Waals surface area contributed by atoms with Crippen molar-refractivity contribution in [2.75, 3.05) is 0 Å². The van der Waals surface area contributed by atoms with Crippen LogP contribution in [0.1, 0.15) is 18.1 Å². The van der Waals surface area contributed by atoms with E-state index >= 15 is 0 Å². The Morgan fingerprint density at radius 3 is 2.76 bits per heavy atom. The Morgan fingerprint density at radius 2 is 2.05 bits per heavy atom. The number of hydrogen-bond acceptors (Lipinski definition) is 1. The number of imidazole rings is 1. The summed E-state index contributed by atoms with van der Waals surface area (Å²) in [6.45, 7) is 1.82. The predicted octanol–water partition coefficient (Wildman–Crippen LogP) is 5.88. The highest BCUT2D eigenvalue weighted by Gasteiger charge is 2.20. The Labute approximate surface area is 139 Å². The lowest BCUT2D eigenvalue weighted by molar-refractivity contribution is 0.626. The fraction of sp³-hybridized carbons (Fsp3) is 0.133. The second kappa shape index (κ2) is 5.59. The molecule has 0 fully saturated rings. The molecule has 1 unspecified atom stereocenters. The molecule has 6 heteroatoms. The number of aromatic nitrogens is 2. The standard InChI is InChI=1S/C15H10BrCl2FN2/c1-8(17)15-20-12-4-2-3-11(18)14(12)21(15)13-7-9(19)5-6-10(13)16/h2-8H,1H3. The van der Waals surface area contributed by atoms with Gasteiger partial charge in [0.15, 0.2) is 0 Å². The summed E-state index contributed by atoms with van der Waals surface area (Å²) in [5, 5.41) is 0.198. The van der Waals surface area contributed by atoms with Gasteiger partial charge < -0.3 is 0 Å². The molecule has 1 heterocycles. The van der Waals surface area contributed by atoms with Gasteiger partial charge in [0, 0.05) is 4.47 Å². The zero-order valence-corrected chi connectivity index (χ0v) is 14.0. The molecule has 1 aromatic heterocycles. The van der Waals surface area contributed by atoms with Crippen molar-refractivity contribution in [2.24, 2.45) is 0 Å². The quantitative estimate of drug-likeness (QED) is 0.502. The second-order valence-electron chi connectivity index (χ2n) is 4.62. The van der Waals surface area contributed by atoms with Crippen molar-refractivity contribution in [3.05, 3.63) is 57.5 Å². The van der Waals surface area contributed by atoms with E-state index in [-0.39, 0.29) is 11.2 Å². The highest BCUT2D eigenvalue weighted by molar-refractivity contribution is 9.10. The molecule has 3 rings (SSSR count). The SMILES string of the molecule is CC(Cl)c1nc2cccc(Cl)c2n1-c1cc(F)ccc1Br. The fourth-order valence-corrected chi connectivity index (χ4v) is 3.10. The van der Waals surface area contributed by atoms with Crippen LogP contribution in [0.2, 0.25) is 5.02 Å². The third-order valence-corrected chi connectivity index (χ3v) is 4.33. The molecule has 0 saturated carbocycles. The summed E-state index contributed by atoms with van der Waals surface area (Å²) in [5.74, 6) is 0.279. The maximum Gasteiger partial charge on any atom is 0.132 e. The number of hydrogen-bond donors (Lipinski definition) is 0. The van der Waals surface area contributed by atoms with Gasteiger partial charge in [0.05, 0.1) is 27.1 Å². The van der Waals surface area contributed by atoms with Crippen LogP contribution in [0, 0.1) is 5.82 Å². The van der Waals surface area contributed by atoms with E-state index in [1.807, 2.05) is 19.1 Å². The minimum Gasteiger partial charge on any atom is -0.292 e. The number of benzene rings is 2. The highest BCUT2D eigenvalue weighted by Crippen LogP contribution is 2.34. The molecule has 0 aliphatic rings. The molecule has 2 nitrogen and oxygen atoms in total. The Hall–Kier alpha value is -1.10. The Balaban J connectivity index is 2.44. The van der Waals surface area contributed by atoms with Crippen LogP contribution in [0.5, 0.6) is 0 Å². The van der Waals surface area contributed by atoms with Crippen LogP contribution in [0.15, 0.2) is 40.9 Å². The van der Waals surface area contributed by atoms with Gasteiger partial charge in [-0.2, -0.15) is 0 Å². The van der Waals surface area contributed by atoms with Crippen molar-refractivity contribution < 1.29 is 4.39 Å². The molecule has 0 bridgehead atoms. The van der Waals surface area contributed by atoms with Crippen LogP contribution in [-0.4, -0.2) is 9.55 Å². The maximum absolute atomic E-state index is 13.7. The highest BCUT2D eigenvalue weighted by atomic mass is 79.9. The zero-order valence-electron chi connectivity index (χ0n) is 10.9. The predicted molar refractivity (Wildman–Crippen MR) is 88.0 cm³/mol. The average molecular weight is 388 g/mol. The molecule has 21 heavy (non-hydrogen) atoms. The van der Waals surface area contributed by atoms with Crippen molar-refractivity contribution in [1.29, 1.82) is 0 Å². The number of alkyl halides is 1. The van der Waals surface area contributed by atoms with Gasteiger partial charge in [-0.25, -0.2) is 9.37 Å². The lowest BCUT2D eigenvalue weighted by Crippen LogP contribution is -2.03. The number of fused-ring (bicyclic) bond motifs is 1. The lowest BCUT2D eigenvalue weighted by atomic mass is 10.2. The molecular formula is C15H10BrCl2FN2. The average Bonchev–Trinajstić information content (AvgIpc) is 2.82. The molecular weight excluding hydrogens is 378 g/mol. The smallest absolute Gasteiger partial charge is 0.132 e. The molecule has 0 amide bonds. The number of nitrogens with zero attached hydrogens (tertiary/aromatic N) is 2. The second-order valence-corrected chi connectivity index (χ2v) is 6.54. The van der Waals surface area contributed by atoms with Crippen molar-refractivity contribution in [2.45, 2.75) is 12.3 Å². The van der Waals surface area contributed by atoms with Crippen molar-refractivity contribution >= 4 is 50.2 Å². The summed E-state index contributed by atoms with van der Waals surface area (Å²) >= 11 is 16.0. The molecule has 0 N–H and O–H groups in total. The van der Waals surface area contributed by atoms with E-state index in [0.29, 0.717) is 22.1 Å². The fourth-order valence-electron chi connectivity index (χ4n) is 2.27. The molecule has 0 aliphatic carbocycles. The lowest BCUT2D eigenvalue weighted by Gasteiger charge is -2.13. The van der Waals surface area contributed by atoms with E-state index in [0.717, 1.165) is 9.99 Å². The van der Waals surface area contributed by atoms with Crippen LogP contribution in [0.3, 0.4) is 0 Å². The van der Waals surface area contributed by atoms with Crippen LogP contribution in [0.4, 0.5) is 4.39 Å². The van der Waals surface area contributed by atoms with Gasteiger partial charge in [0.25, 0.3) is 0 Å². The summed E-state index contributed by atoms with van der Waals surface area (Å²) in [4.78, 5) is 4.52. The molecule has 108 valence electrons. The molecule has 2 aromatic carbocycles. The molecule has 0 saturated heterocycles. The summed E-state index contributed by atoms with van der Waals surface area (Å²) in [7, 11) is 0. The van der Waals surface area contributed by atoms with E-state index in [9.17, 15) is 4.39 Å². The summed E-state index contributed by atoms with van der Waals surface area (Å²) in [6.07, 6.45) is 0. The van der Waals surface area contributed by atoms with E-state index in [1.54, 1.807) is 16.7 Å². The third-order valence-electron chi connectivity index (χ3n) is 3.16.